The maximum atomic E-state index is 11.1. The number of primary amides is 1. The maximum absolute atomic E-state index is 11.1. The zero-order chi connectivity index (χ0) is 11.3. The molecule has 1 aromatic rings. The van der Waals surface area contributed by atoms with E-state index in [1.54, 1.807) is 12.1 Å². The third-order valence-corrected chi connectivity index (χ3v) is 2.49. The molecule has 0 saturated carbocycles. The van der Waals surface area contributed by atoms with Crippen LogP contribution in [0.4, 0.5) is 0 Å². The van der Waals surface area contributed by atoms with Gasteiger partial charge in [0.05, 0.1) is 17.2 Å². The molecule has 0 fully saturated rings. The molecule has 1 amide bonds. The molecule has 1 rings (SSSR count). The molecule has 0 bridgehead atoms. The van der Waals surface area contributed by atoms with Crippen molar-refractivity contribution in [3.63, 3.8) is 0 Å². The van der Waals surface area contributed by atoms with E-state index in [4.69, 9.17) is 11.0 Å². The predicted molar refractivity (Wildman–Crippen MR) is 58.9 cm³/mol. The summed E-state index contributed by atoms with van der Waals surface area (Å²) < 4.78 is 2.79. The van der Waals surface area contributed by atoms with Crippen molar-refractivity contribution in [2.75, 3.05) is 0 Å². The molecule has 76 valence electrons. The Labute approximate surface area is 91.9 Å². The zero-order valence-corrected chi connectivity index (χ0v) is 8.67. The first-order valence-electron chi connectivity index (χ1n) is 4.06. The Morgan fingerprint density at radius 2 is 2.40 bits per heavy atom. The van der Waals surface area contributed by atoms with E-state index in [-0.39, 0.29) is 0 Å². The maximum Gasteiger partial charge on any atom is 0.249 e. The van der Waals surface area contributed by atoms with Crippen molar-refractivity contribution in [3.05, 3.63) is 42.1 Å². The van der Waals surface area contributed by atoms with Crippen molar-refractivity contribution in [3.8, 4) is 6.07 Å². The van der Waals surface area contributed by atoms with E-state index < -0.39 is 5.91 Å². The summed E-state index contributed by atoms with van der Waals surface area (Å²) in [4.78, 5) is 11.8. The number of nitrogens with zero attached hydrogens (tertiary/aromatic N) is 1. The van der Waals surface area contributed by atoms with Gasteiger partial charge in [-0.1, -0.05) is 6.58 Å². The molecule has 0 radical (unpaired) electrons. The third kappa shape index (κ3) is 2.76. The summed E-state index contributed by atoms with van der Waals surface area (Å²) in [7, 11) is 0. The number of hydrogen-bond donors (Lipinski definition) is 2. The second-order valence-corrected chi connectivity index (χ2v) is 3.49. The largest absolute Gasteiger partial charge is 0.366 e. The highest BCUT2D eigenvalue weighted by atomic mass is 32.2. The molecule has 4 nitrogen and oxygen atoms in total. The lowest BCUT2D eigenvalue weighted by atomic mass is 10.1. The van der Waals surface area contributed by atoms with Gasteiger partial charge in [-0.15, -0.1) is 0 Å². The first kappa shape index (κ1) is 11.1. The number of hydrogen-bond acceptors (Lipinski definition) is 4. The molecular formula is C10H9N3OS. The Kier molecular flexibility index (Phi) is 3.77. The molecule has 0 heterocycles. The Hall–Kier alpha value is -1.93. The number of nitrogens with two attached hydrogens (primary N) is 1. The van der Waals surface area contributed by atoms with Crippen LogP contribution in [0.15, 0.2) is 35.9 Å². The quantitative estimate of drug-likeness (QED) is 0.750. The van der Waals surface area contributed by atoms with E-state index >= 15 is 0 Å². The number of nitrogens with one attached hydrogen (secondary N) is 1. The van der Waals surface area contributed by atoms with Crippen molar-refractivity contribution in [2.45, 2.75) is 4.90 Å². The van der Waals surface area contributed by atoms with Crippen LogP contribution in [0.25, 0.3) is 0 Å². The topological polar surface area (TPSA) is 78.9 Å². The van der Waals surface area contributed by atoms with Gasteiger partial charge in [0.25, 0.3) is 0 Å². The van der Waals surface area contributed by atoms with Gasteiger partial charge in [0.15, 0.2) is 0 Å². The smallest absolute Gasteiger partial charge is 0.249 e. The molecular weight excluding hydrogens is 210 g/mol. The molecule has 15 heavy (non-hydrogen) atoms. The van der Waals surface area contributed by atoms with Gasteiger partial charge in [0.1, 0.15) is 0 Å². The minimum atomic E-state index is -0.555. The van der Waals surface area contributed by atoms with Gasteiger partial charge in [-0.3, -0.25) is 4.79 Å². The molecule has 0 aromatic heterocycles. The molecule has 0 aliphatic heterocycles. The monoisotopic (exact) mass is 219 g/mol. The van der Waals surface area contributed by atoms with E-state index in [0.717, 1.165) is 0 Å². The molecule has 0 unspecified atom stereocenters. The average Bonchev–Trinajstić information content (AvgIpc) is 2.26. The molecule has 5 heteroatoms. The first-order chi connectivity index (χ1) is 7.19. The number of carbonyl (C=O) groups excluding carboxylic acids is 1. The molecule has 0 spiro atoms. The third-order valence-electron chi connectivity index (χ3n) is 1.63. The van der Waals surface area contributed by atoms with Crippen LogP contribution < -0.4 is 10.5 Å². The lowest BCUT2D eigenvalue weighted by Gasteiger charge is -2.05. The summed E-state index contributed by atoms with van der Waals surface area (Å²) in [6.45, 7) is 3.48. The van der Waals surface area contributed by atoms with Gasteiger partial charge < -0.3 is 10.5 Å². The standard InChI is InChI=1S/C10H9N3OS/c1-2-13-15-9-4-3-7(6-11)5-8(9)10(12)14/h2-5,13H,1H2,(H2,12,14). The van der Waals surface area contributed by atoms with E-state index in [9.17, 15) is 4.79 Å². The van der Waals surface area contributed by atoms with Crippen molar-refractivity contribution in [1.82, 2.24) is 4.72 Å². The fraction of sp³-hybridized carbons (Fsp3) is 0. The second-order valence-electron chi connectivity index (χ2n) is 2.61. The minimum Gasteiger partial charge on any atom is -0.366 e. The minimum absolute atomic E-state index is 0.327. The van der Waals surface area contributed by atoms with Crippen LogP contribution >= 0.6 is 11.9 Å². The average molecular weight is 219 g/mol. The van der Waals surface area contributed by atoms with E-state index in [1.807, 2.05) is 6.07 Å². The zero-order valence-electron chi connectivity index (χ0n) is 7.86. The van der Waals surface area contributed by atoms with E-state index in [2.05, 4.69) is 11.3 Å². The van der Waals surface area contributed by atoms with Gasteiger partial charge in [0, 0.05) is 11.1 Å². The van der Waals surface area contributed by atoms with Gasteiger partial charge in [-0.05, 0) is 30.1 Å². The van der Waals surface area contributed by atoms with Crippen LogP contribution in [0, 0.1) is 11.3 Å². The first-order valence-corrected chi connectivity index (χ1v) is 4.88. The Balaban J connectivity index is 3.10. The Morgan fingerprint density at radius 1 is 1.67 bits per heavy atom. The summed E-state index contributed by atoms with van der Waals surface area (Å²) in [5, 5.41) is 8.67. The lowest BCUT2D eigenvalue weighted by molar-refractivity contribution is 0.0997. The van der Waals surface area contributed by atoms with Gasteiger partial charge in [-0.2, -0.15) is 5.26 Å². The highest BCUT2D eigenvalue weighted by molar-refractivity contribution is 7.97. The number of amides is 1. The summed E-state index contributed by atoms with van der Waals surface area (Å²) >= 11 is 1.22. The van der Waals surface area contributed by atoms with Crippen molar-refractivity contribution >= 4 is 17.9 Å². The van der Waals surface area contributed by atoms with Crippen LogP contribution in [0.3, 0.4) is 0 Å². The number of carbonyl (C=O) groups is 1. The summed E-state index contributed by atoms with van der Waals surface area (Å²) in [5.74, 6) is -0.555. The van der Waals surface area contributed by atoms with Crippen LogP contribution in [0.1, 0.15) is 15.9 Å². The number of rotatable bonds is 4. The lowest BCUT2D eigenvalue weighted by Crippen LogP contribution is -2.13. The van der Waals surface area contributed by atoms with Crippen LogP contribution in [0.2, 0.25) is 0 Å². The highest BCUT2D eigenvalue weighted by Crippen LogP contribution is 2.21. The fourth-order valence-electron chi connectivity index (χ4n) is 0.986. The van der Waals surface area contributed by atoms with Gasteiger partial charge in [-0.25, -0.2) is 0 Å². The second kappa shape index (κ2) is 5.08. The molecule has 0 aliphatic carbocycles. The Morgan fingerprint density at radius 3 is 2.93 bits per heavy atom. The van der Waals surface area contributed by atoms with Crippen molar-refractivity contribution < 1.29 is 4.79 Å². The number of nitriles is 1. The number of benzene rings is 1. The van der Waals surface area contributed by atoms with Crippen LogP contribution in [-0.2, 0) is 0 Å². The highest BCUT2D eigenvalue weighted by Gasteiger charge is 2.09. The Bertz CT molecular complexity index is 437. The molecule has 0 aliphatic rings. The molecule has 1 aromatic carbocycles. The summed E-state index contributed by atoms with van der Waals surface area (Å²) in [6.07, 6.45) is 1.49. The van der Waals surface area contributed by atoms with E-state index in [0.29, 0.717) is 16.0 Å². The van der Waals surface area contributed by atoms with Crippen LogP contribution in [0.5, 0.6) is 0 Å². The fourth-order valence-corrected chi connectivity index (χ4v) is 1.60. The van der Waals surface area contributed by atoms with Crippen molar-refractivity contribution in [2.24, 2.45) is 5.73 Å². The molecule has 0 saturated heterocycles. The molecule has 3 N–H and O–H groups in total. The normalized spacial score (nSPS) is 9.00. The van der Waals surface area contributed by atoms with Gasteiger partial charge >= 0.3 is 0 Å². The van der Waals surface area contributed by atoms with Crippen LogP contribution in [-0.4, -0.2) is 5.91 Å². The SMILES string of the molecule is C=CNSc1ccc(C#N)cc1C(N)=O. The van der Waals surface area contributed by atoms with Gasteiger partial charge in [0.2, 0.25) is 5.91 Å². The van der Waals surface area contributed by atoms with Crippen molar-refractivity contribution in [1.29, 1.82) is 5.26 Å². The van der Waals surface area contributed by atoms with E-state index in [1.165, 1.54) is 24.2 Å². The predicted octanol–water partition coefficient (Wildman–Crippen LogP) is 1.40. The summed E-state index contributed by atoms with van der Waals surface area (Å²) in [6, 6.07) is 6.71. The summed E-state index contributed by atoms with van der Waals surface area (Å²) in [5.41, 5.74) is 5.93. The molecule has 0 atom stereocenters.